The van der Waals surface area contributed by atoms with Crippen LogP contribution in [0.4, 0.5) is 0 Å². The van der Waals surface area contributed by atoms with Crippen LogP contribution in [0.15, 0.2) is 24.3 Å². The fourth-order valence-electron chi connectivity index (χ4n) is 3.59. The summed E-state index contributed by atoms with van der Waals surface area (Å²) in [6.45, 7) is 1.84. The predicted molar refractivity (Wildman–Crippen MR) is 88.6 cm³/mol. The van der Waals surface area contributed by atoms with Gasteiger partial charge in [-0.2, -0.15) is 0 Å². The molecule has 6 heteroatoms. The highest BCUT2D eigenvalue weighted by Crippen LogP contribution is 2.39. The van der Waals surface area contributed by atoms with E-state index in [0.29, 0.717) is 30.0 Å². The number of Topliss-reactive ketones (excluding diaryl/α,β-unsaturated/α-hetero) is 1. The summed E-state index contributed by atoms with van der Waals surface area (Å²) in [6.07, 6.45) is 1.07. The van der Waals surface area contributed by atoms with Gasteiger partial charge < -0.3 is 24.3 Å². The van der Waals surface area contributed by atoms with E-state index < -0.39 is 0 Å². The molecule has 128 valence electrons. The number of benzene rings is 2. The Morgan fingerprint density at radius 3 is 2.60 bits per heavy atom. The lowest BCUT2D eigenvalue weighted by atomic mass is 9.92. The molecule has 1 N–H and O–H groups in total. The van der Waals surface area contributed by atoms with E-state index in [1.807, 2.05) is 24.3 Å². The number of rotatable bonds is 0. The highest BCUT2D eigenvalue weighted by atomic mass is 16.7. The summed E-state index contributed by atoms with van der Waals surface area (Å²) in [7, 11) is 0. The fourth-order valence-corrected chi connectivity index (χ4v) is 3.59. The van der Waals surface area contributed by atoms with Gasteiger partial charge in [-0.3, -0.25) is 4.79 Å². The molecular formula is C19H17NO5. The standard InChI is InChI=1S/C19H17NO5/c21-15-5-11-1-2-16-19(25-10-22-16)14(11)8-20-4-3-12-6-17-18(7-13(12)15)24-9-23-17/h1-2,6-7,20H,3-5,8-10H2. The molecule has 6 nitrogen and oxygen atoms in total. The van der Waals surface area contributed by atoms with Crippen LogP contribution in [0.5, 0.6) is 23.0 Å². The molecule has 3 aliphatic heterocycles. The van der Waals surface area contributed by atoms with Crippen molar-refractivity contribution in [3.05, 3.63) is 46.5 Å². The number of fused-ring (bicyclic) bond motifs is 5. The quantitative estimate of drug-likeness (QED) is 0.794. The van der Waals surface area contributed by atoms with Gasteiger partial charge in [0.05, 0.1) is 0 Å². The van der Waals surface area contributed by atoms with E-state index in [9.17, 15) is 4.79 Å². The van der Waals surface area contributed by atoms with E-state index in [1.54, 1.807) is 0 Å². The Morgan fingerprint density at radius 2 is 1.68 bits per heavy atom. The maximum Gasteiger partial charge on any atom is 0.231 e. The minimum absolute atomic E-state index is 0.0790. The lowest BCUT2D eigenvalue weighted by Gasteiger charge is -2.17. The number of ether oxygens (including phenoxy) is 4. The van der Waals surface area contributed by atoms with Crippen LogP contribution in [0.3, 0.4) is 0 Å². The van der Waals surface area contributed by atoms with Crippen LogP contribution in [0.25, 0.3) is 0 Å². The second kappa shape index (κ2) is 5.67. The third-order valence-electron chi connectivity index (χ3n) is 4.86. The van der Waals surface area contributed by atoms with Crippen molar-refractivity contribution in [1.29, 1.82) is 0 Å². The third-order valence-corrected chi connectivity index (χ3v) is 4.86. The van der Waals surface area contributed by atoms with Gasteiger partial charge in [0.15, 0.2) is 28.8 Å². The van der Waals surface area contributed by atoms with E-state index in [1.165, 1.54) is 0 Å². The monoisotopic (exact) mass is 339 g/mol. The van der Waals surface area contributed by atoms with Gasteiger partial charge in [-0.05, 0) is 42.3 Å². The fraction of sp³-hybridized carbons (Fsp3) is 0.316. The Bertz CT molecular complexity index is 877. The van der Waals surface area contributed by atoms with Crippen LogP contribution in [0.1, 0.15) is 27.0 Å². The number of hydrogen-bond donors (Lipinski definition) is 1. The predicted octanol–water partition coefficient (Wildman–Crippen LogP) is 2.22. The van der Waals surface area contributed by atoms with Gasteiger partial charge in [0.2, 0.25) is 13.6 Å². The number of nitrogens with one attached hydrogen (secondary N) is 1. The SMILES string of the molecule is O=C1Cc2ccc3c(c2CNCCc2cc4c(cc21)OCO4)OCO3. The number of hydrogen-bond acceptors (Lipinski definition) is 6. The highest BCUT2D eigenvalue weighted by molar-refractivity contribution is 6.00. The van der Waals surface area contributed by atoms with Crippen molar-refractivity contribution >= 4 is 5.78 Å². The van der Waals surface area contributed by atoms with Gasteiger partial charge >= 0.3 is 0 Å². The van der Waals surface area contributed by atoms with Gasteiger partial charge in [0.25, 0.3) is 0 Å². The Balaban J connectivity index is 1.57. The molecule has 0 aliphatic carbocycles. The van der Waals surface area contributed by atoms with Crippen molar-refractivity contribution in [3.8, 4) is 23.0 Å². The van der Waals surface area contributed by atoms with E-state index in [2.05, 4.69) is 5.32 Å². The van der Waals surface area contributed by atoms with Crippen molar-refractivity contribution in [2.75, 3.05) is 20.1 Å². The normalized spacial score (nSPS) is 17.8. The third kappa shape index (κ3) is 2.41. The smallest absolute Gasteiger partial charge is 0.231 e. The minimum atomic E-state index is 0.0790. The Hall–Kier alpha value is -2.73. The average Bonchev–Trinajstić information content (AvgIpc) is 3.27. The molecule has 0 fully saturated rings. The first-order chi connectivity index (χ1) is 12.3. The van der Waals surface area contributed by atoms with Crippen LogP contribution >= 0.6 is 0 Å². The molecule has 0 saturated carbocycles. The molecule has 3 heterocycles. The first kappa shape index (κ1) is 14.6. The molecule has 0 spiro atoms. The molecule has 0 saturated heterocycles. The van der Waals surface area contributed by atoms with Crippen LogP contribution in [0, 0.1) is 0 Å². The maximum absolute atomic E-state index is 13.0. The molecule has 5 rings (SSSR count). The summed E-state index contributed by atoms with van der Waals surface area (Å²) in [6, 6.07) is 7.57. The summed E-state index contributed by atoms with van der Waals surface area (Å²) in [4.78, 5) is 13.0. The summed E-state index contributed by atoms with van der Waals surface area (Å²) >= 11 is 0. The Morgan fingerprint density at radius 1 is 0.880 bits per heavy atom. The lowest BCUT2D eigenvalue weighted by molar-refractivity contribution is 0.0991. The highest BCUT2D eigenvalue weighted by Gasteiger charge is 2.25. The molecule has 0 radical (unpaired) electrons. The largest absolute Gasteiger partial charge is 0.454 e. The van der Waals surface area contributed by atoms with Crippen LogP contribution in [0.2, 0.25) is 0 Å². The summed E-state index contributed by atoms with van der Waals surface area (Å²) in [5, 5.41) is 3.45. The zero-order valence-corrected chi connectivity index (χ0v) is 13.6. The van der Waals surface area contributed by atoms with Crippen molar-refractivity contribution in [1.82, 2.24) is 5.32 Å². The molecule has 2 aromatic rings. The van der Waals surface area contributed by atoms with Gasteiger partial charge in [-0.1, -0.05) is 6.07 Å². The summed E-state index contributed by atoms with van der Waals surface area (Å²) < 4.78 is 22.0. The van der Waals surface area contributed by atoms with Gasteiger partial charge in [0.1, 0.15) is 0 Å². The Labute approximate surface area is 144 Å². The molecule has 0 aromatic heterocycles. The summed E-state index contributed by atoms with van der Waals surface area (Å²) in [5.74, 6) is 2.93. The zero-order valence-electron chi connectivity index (χ0n) is 13.6. The van der Waals surface area contributed by atoms with Crippen LogP contribution in [-0.4, -0.2) is 25.9 Å². The minimum Gasteiger partial charge on any atom is -0.454 e. The first-order valence-corrected chi connectivity index (χ1v) is 8.36. The lowest BCUT2D eigenvalue weighted by Crippen LogP contribution is -2.22. The number of carbonyl (C=O) groups is 1. The van der Waals surface area contributed by atoms with Crippen LogP contribution < -0.4 is 24.3 Å². The maximum atomic E-state index is 13.0. The van der Waals surface area contributed by atoms with Gasteiger partial charge in [-0.25, -0.2) is 0 Å². The van der Waals surface area contributed by atoms with E-state index in [4.69, 9.17) is 18.9 Å². The second-order valence-electron chi connectivity index (χ2n) is 6.33. The van der Waals surface area contributed by atoms with E-state index in [-0.39, 0.29) is 19.4 Å². The molecule has 2 aromatic carbocycles. The topological polar surface area (TPSA) is 66.0 Å². The number of ketones is 1. The van der Waals surface area contributed by atoms with Crippen molar-refractivity contribution in [3.63, 3.8) is 0 Å². The molecule has 3 aliphatic rings. The molecule has 0 unspecified atom stereocenters. The van der Waals surface area contributed by atoms with Crippen LogP contribution in [-0.2, 0) is 19.4 Å². The Kier molecular flexibility index (Phi) is 3.31. The zero-order chi connectivity index (χ0) is 16.8. The first-order valence-electron chi connectivity index (χ1n) is 8.36. The van der Waals surface area contributed by atoms with Crippen molar-refractivity contribution in [2.24, 2.45) is 0 Å². The van der Waals surface area contributed by atoms with Crippen molar-refractivity contribution < 1.29 is 23.7 Å². The molecule has 0 amide bonds. The second-order valence-corrected chi connectivity index (χ2v) is 6.33. The molecule has 0 bridgehead atoms. The van der Waals surface area contributed by atoms with E-state index >= 15 is 0 Å². The number of carbonyl (C=O) groups excluding carboxylic acids is 1. The van der Waals surface area contributed by atoms with Gasteiger partial charge in [-0.15, -0.1) is 0 Å². The molecule has 25 heavy (non-hydrogen) atoms. The summed E-state index contributed by atoms with van der Waals surface area (Å²) in [5.41, 5.74) is 3.67. The van der Waals surface area contributed by atoms with Crippen molar-refractivity contribution in [2.45, 2.75) is 19.4 Å². The molecular weight excluding hydrogens is 322 g/mol. The average molecular weight is 339 g/mol. The van der Waals surface area contributed by atoms with Gasteiger partial charge in [0, 0.05) is 24.1 Å². The van der Waals surface area contributed by atoms with E-state index in [0.717, 1.165) is 41.2 Å². The molecule has 0 atom stereocenters.